The van der Waals surface area contributed by atoms with Gasteiger partial charge >= 0.3 is 11.9 Å². The van der Waals surface area contributed by atoms with Gasteiger partial charge in [-0.2, -0.15) is 0 Å². The molecule has 0 spiro atoms. The quantitative estimate of drug-likeness (QED) is 0.274. The molecule has 0 bridgehead atoms. The second-order valence-electron chi connectivity index (χ2n) is 15.8. The van der Waals surface area contributed by atoms with Gasteiger partial charge in [0.15, 0.2) is 0 Å². The van der Waals surface area contributed by atoms with Crippen LogP contribution in [0.15, 0.2) is 66.7 Å². The fourth-order valence-corrected chi connectivity index (χ4v) is 11.7. The number of rotatable bonds is 8. The summed E-state index contributed by atoms with van der Waals surface area (Å²) < 4.78 is 12.2. The van der Waals surface area contributed by atoms with Crippen molar-refractivity contribution in [1.29, 1.82) is 0 Å². The second-order valence-corrected chi connectivity index (χ2v) is 15.8. The van der Waals surface area contributed by atoms with Crippen molar-refractivity contribution < 1.29 is 19.1 Å². The molecule has 4 heteroatoms. The molecule has 46 heavy (non-hydrogen) atoms. The average molecular weight is 625 g/mol. The molecule has 0 aromatic heterocycles. The Morgan fingerprint density at radius 2 is 1.39 bits per heavy atom. The van der Waals surface area contributed by atoms with Gasteiger partial charge < -0.3 is 9.47 Å². The normalized spacial score (nSPS) is 37.2. The van der Waals surface area contributed by atoms with Crippen LogP contribution in [0.5, 0.6) is 0 Å². The molecular weight excluding hydrogens is 568 g/mol. The van der Waals surface area contributed by atoms with Crippen molar-refractivity contribution >= 4 is 17.5 Å². The van der Waals surface area contributed by atoms with Crippen molar-refractivity contribution in [2.45, 2.75) is 112 Å². The SMILES string of the molecule is CC[C@@H]1C2C[C@H](OC(C)=O)CC[C@]2(C)C2CCC3(C)C(CC[C@@H]3[C@H](C)CC=C(c3ccccc3)c3ccccc3)C2[C@@H]1OC(C)=O. The summed E-state index contributed by atoms with van der Waals surface area (Å²) in [5, 5.41) is 0. The number of carbonyl (C=O) groups is 2. The van der Waals surface area contributed by atoms with Gasteiger partial charge in [0.25, 0.3) is 0 Å². The van der Waals surface area contributed by atoms with Crippen LogP contribution in [0.2, 0.25) is 0 Å². The second kappa shape index (κ2) is 13.3. The Labute approximate surface area is 277 Å². The Bertz CT molecular complexity index is 1360. The third kappa shape index (κ3) is 5.99. The minimum atomic E-state index is -0.180. The predicted molar refractivity (Wildman–Crippen MR) is 185 cm³/mol. The predicted octanol–water partition coefficient (Wildman–Crippen LogP) is 9.91. The molecule has 0 amide bonds. The first-order chi connectivity index (χ1) is 22.1. The number of ether oxygens (including phenoxy) is 2. The molecule has 5 unspecified atom stereocenters. The molecule has 4 aliphatic rings. The van der Waals surface area contributed by atoms with E-state index in [4.69, 9.17) is 9.47 Å². The molecule has 0 saturated heterocycles. The van der Waals surface area contributed by atoms with E-state index in [2.05, 4.69) is 94.4 Å². The Morgan fingerprint density at radius 3 is 1.98 bits per heavy atom. The van der Waals surface area contributed by atoms with Gasteiger partial charge in [0.05, 0.1) is 0 Å². The number of fused-ring (bicyclic) bond motifs is 5. The van der Waals surface area contributed by atoms with E-state index in [1.54, 1.807) is 6.92 Å². The van der Waals surface area contributed by atoms with Crippen molar-refractivity contribution in [3.8, 4) is 0 Å². The summed E-state index contributed by atoms with van der Waals surface area (Å²) in [6.07, 6.45) is 12.4. The first-order valence-corrected chi connectivity index (χ1v) is 18.2. The van der Waals surface area contributed by atoms with E-state index in [1.807, 2.05) is 0 Å². The fourth-order valence-electron chi connectivity index (χ4n) is 11.7. The number of carbonyl (C=O) groups excluding carboxylic acids is 2. The molecule has 2 aromatic rings. The summed E-state index contributed by atoms with van der Waals surface area (Å²) >= 11 is 0. The summed E-state index contributed by atoms with van der Waals surface area (Å²) in [7, 11) is 0. The molecular formula is C42H56O4. The maximum Gasteiger partial charge on any atom is 0.302 e. The third-order valence-corrected chi connectivity index (χ3v) is 13.6. The van der Waals surface area contributed by atoms with Gasteiger partial charge in [-0.25, -0.2) is 0 Å². The molecule has 0 aliphatic heterocycles. The van der Waals surface area contributed by atoms with Gasteiger partial charge in [0.2, 0.25) is 0 Å². The lowest BCUT2D eigenvalue weighted by Crippen LogP contribution is -2.63. The zero-order chi connectivity index (χ0) is 32.6. The van der Waals surface area contributed by atoms with E-state index < -0.39 is 0 Å². The molecule has 4 fully saturated rings. The summed E-state index contributed by atoms with van der Waals surface area (Å²) in [5.74, 6) is 3.09. The van der Waals surface area contributed by atoms with Crippen molar-refractivity contribution in [2.24, 2.45) is 52.3 Å². The lowest BCUT2D eigenvalue weighted by Gasteiger charge is -2.65. The first-order valence-electron chi connectivity index (χ1n) is 18.2. The van der Waals surface area contributed by atoms with Crippen LogP contribution in [0.3, 0.4) is 0 Å². The molecule has 4 saturated carbocycles. The topological polar surface area (TPSA) is 52.6 Å². The Hall–Kier alpha value is -2.88. The highest BCUT2D eigenvalue weighted by molar-refractivity contribution is 5.79. The van der Waals surface area contributed by atoms with Crippen LogP contribution in [0, 0.1) is 52.3 Å². The summed E-state index contributed by atoms with van der Waals surface area (Å²) in [5.41, 5.74) is 4.31. The summed E-state index contributed by atoms with van der Waals surface area (Å²) in [6, 6.07) is 21.7. The van der Waals surface area contributed by atoms with Gasteiger partial charge in [0.1, 0.15) is 12.2 Å². The Morgan fingerprint density at radius 1 is 0.804 bits per heavy atom. The molecule has 4 nitrogen and oxygen atoms in total. The van der Waals surface area contributed by atoms with Gasteiger partial charge in [-0.15, -0.1) is 0 Å². The van der Waals surface area contributed by atoms with E-state index in [-0.39, 0.29) is 35.0 Å². The largest absolute Gasteiger partial charge is 0.463 e. The molecule has 0 radical (unpaired) electrons. The van der Waals surface area contributed by atoms with Crippen LogP contribution in [0.1, 0.15) is 110 Å². The number of benzene rings is 2. The highest BCUT2D eigenvalue weighted by atomic mass is 16.5. The molecule has 248 valence electrons. The van der Waals surface area contributed by atoms with Crippen LogP contribution >= 0.6 is 0 Å². The van der Waals surface area contributed by atoms with E-state index in [1.165, 1.54) is 49.3 Å². The van der Waals surface area contributed by atoms with Crippen molar-refractivity contribution in [2.75, 3.05) is 0 Å². The average Bonchev–Trinajstić information content (AvgIpc) is 3.39. The molecule has 4 aliphatic carbocycles. The number of hydrogen-bond acceptors (Lipinski definition) is 4. The minimum Gasteiger partial charge on any atom is -0.463 e. The maximum absolute atomic E-state index is 12.7. The number of allylic oxidation sites excluding steroid dienone is 1. The fraction of sp³-hybridized carbons (Fsp3) is 0.619. The van der Waals surface area contributed by atoms with Crippen molar-refractivity contribution in [3.05, 3.63) is 77.9 Å². The monoisotopic (exact) mass is 624 g/mol. The van der Waals surface area contributed by atoms with Crippen LogP contribution in [-0.2, 0) is 19.1 Å². The van der Waals surface area contributed by atoms with E-state index in [0.29, 0.717) is 41.4 Å². The summed E-state index contributed by atoms with van der Waals surface area (Å²) in [4.78, 5) is 24.6. The van der Waals surface area contributed by atoms with E-state index in [0.717, 1.165) is 32.1 Å². The van der Waals surface area contributed by atoms with Crippen LogP contribution < -0.4 is 0 Å². The Balaban J connectivity index is 1.28. The molecule has 0 N–H and O–H groups in total. The Kier molecular flexibility index (Phi) is 9.57. The maximum atomic E-state index is 12.7. The number of hydrogen-bond donors (Lipinski definition) is 0. The van der Waals surface area contributed by atoms with Crippen LogP contribution in [0.25, 0.3) is 5.57 Å². The lowest BCUT2D eigenvalue weighted by atomic mass is 9.41. The third-order valence-electron chi connectivity index (χ3n) is 13.6. The standard InChI is InChI=1S/C42H56O4/c1-7-33-38-26-32(45-28(3)43)22-24-42(38,6)37-23-25-41(5)35(20-21-36(41)39(37)40(33)46-29(4)44)27(2)18-19-34(30-14-10-8-11-15-30)31-16-12-9-13-17-31/h8-17,19,27,32-33,35-40H,7,18,20-26H2,1-6H3/t27-,32-,33-,35-,36?,37?,38?,39?,40-,41?,42-/m1/s1. The first kappa shape index (κ1) is 33.0. The van der Waals surface area contributed by atoms with Gasteiger partial charge in [-0.05, 0) is 121 Å². The zero-order valence-electron chi connectivity index (χ0n) is 29.0. The van der Waals surface area contributed by atoms with Gasteiger partial charge in [0, 0.05) is 19.8 Å². The van der Waals surface area contributed by atoms with Gasteiger partial charge in [-0.3, -0.25) is 9.59 Å². The van der Waals surface area contributed by atoms with Crippen LogP contribution in [0.4, 0.5) is 0 Å². The molecule has 6 rings (SSSR count). The molecule has 0 heterocycles. The van der Waals surface area contributed by atoms with E-state index in [9.17, 15) is 9.59 Å². The molecule has 2 aromatic carbocycles. The van der Waals surface area contributed by atoms with Gasteiger partial charge in [-0.1, -0.05) is 94.4 Å². The van der Waals surface area contributed by atoms with Crippen molar-refractivity contribution in [3.63, 3.8) is 0 Å². The smallest absolute Gasteiger partial charge is 0.302 e. The summed E-state index contributed by atoms with van der Waals surface area (Å²) in [6.45, 7) is 13.0. The van der Waals surface area contributed by atoms with Crippen LogP contribution in [-0.4, -0.2) is 24.1 Å². The van der Waals surface area contributed by atoms with Crippen molar-refractivity contribution in [1.82, 2.24) is 0 Å². The lowest BCUT2D eigenvalue weighted by molar-refractivity contribution is -0.219. The highest BCUT2D eigenvalue weighted by Gasteiger charge is 2.66. The van der Waals surface area contributed by atoms with E-state index >= 15 is 0 Å². The number of esters is 2. The highest BCUT2D eigenvalue weighted by Crippen LogP contribution is 2.70. The zero-order valence-corrected chi connectivity index (χ0v) is 29.0. The molecule has 11 atom stereocenters. The minimum absolute atomic E-state index is 0.0190.